The molecule has 0 atom stereocenters. The molecule has 2 N–H and O–H groups in total. The van der Waals surface area contributed by atoms with Crippen LogP contribution in [0, 0.1) is 0 Å². The highest BCUT2D eigenvalue weighted by Crippen LogP contribution is 2.26. The van der Waals surface area contributed by atoms with E-state index in [2.05, 4.69) is 20.7 Å². The molecule has 0 fully saturated rings. The number of nitrogens with one attached hydrogen (secondary N) is 2. The van der Waals surface area contributed by atoms with Gasteiger partial charge in [-0.2, -0.15) is 10.2 Å². The molecule has 0 radical (unpaired) electrons. The molecule has 0 unspecified atom stereocenters. The summed E-state index contributed by atoms with van der Waals surface area (Å²) in [6.07, 6.45) is 1.51. The van der Waals surface area contributed by atoms with Crippen molar-refractivity contribution in [2.24, 2.45) is 5.10 Å². The van der Waals surface area contributed by atoms with Gasteiger partial charge in [-0.1, -0.05) is 0 Å². The van der Waals surface area contributed by atoms with Crippen LogP contribution < -0.4 is 19.6 Å². The Morgan fingerprint density at radius 2 is 1.75 bits per heavy atom. The summed E-state index contributed by atoms with van der Waals surface area (Å²) < 4.78 is 15.6. The minimum Gasteiger partial charge on any atom is -0.497 e. The van der Waals surface area contributed by atoms with Crippen LogP contribution in [0.4, 0.5) is 0 Å². The van der Waals surface area contributed by atoms with Crippen molar-refractivity contribution in [2.45, 2.75) is 0 Å². The van der Waals surface area contributed by atoms with Gasteiger partial charge in [-0.05, 0) is 54.1 Å². The zero-order valence-corrected chi connectivity index (χ0v) is 15.7. The van der Waals surface area contributed by atoms with Crippen LogP contribution in [0.15, 0.2) is 53.6 Å². The zero-order valence-electron chi connectivity index (χ0n) is 15.7. The van der Waals surface area contributed by atoms with E-state index in [9.17, 15) is 4.79 Å². The fraction of sp³-hybridized carbons (Fsp3) is 0.150. The minimum absolute atomic E-state index is 0.301. The van der Waals surface area contributed by atoms with Gasteiger partial charge in [0.05, 0.1) is 33.2 Å². The number of aromatic nitrogens is 2. The molecule has 1 aromatic heterocycles. The van der Waals surface area contributed by atoms with Gasteiger partial charge in [0, 0.05) is 5.56 Å². The summed E-state index contributed by atoms with van der Waals surface area (Å²) in [5, 5.41) is 10.8. The normalized spacial score (nSPS) is 10.7. The number of hydrazone groups is 1. The van der Waals surface area contributed by atoms with Gasteiger partial charge in [-0.15, -0.1) is 0 Å². The maximum Gasteiger partial charge on any atom is 0.289 e. The first kappa shape index (κ1) is 19.0. The van der Waals surface area contributed by atoms with Gasteiger partial charge in [-0.3, -0.25) is 9.89 Å². The quantitative estimate of drug-likeness (QED) is 0.485. The van der Waals surface area contributed by atoms with Gasteiger partial charge >= 0.3 is 0 Å². The molecule has 1 heterocycles. The van der Waals surface area contributed by atoms with Gasteiger partial charge < -0.3 is 14.2 Å². The molecule has 0 saturated heterocycles. The highest BCUT2D eigenvalue weighted by molar-refractivity contribution is 5.94. The van der Waals surface area contributed by atoms with Crippen LogP contribution >= 0.6 is 0 Å². The molecule has 144 valence electrons. The Kier molecular flexibility index (Phi) is 5.91. The molecular formula is C20H20N4O4. The van der Waals surface area contributed by atoms with E-state index in [0.717, 1.165) is 16.9 Å². The van der Waals surface area contributed by atoms with E-state index < -0.39 is 5.91 Å². The molecule has 8 nitrogen and oxygen atoms in total. The fourth-order valence-corrected chi connectivity index (χ4v) is 2.51. The largest absolute Gasteiger partial charge is 0.497 e. The number of methoxy groups -OCH3 is 3. The minimum atomic E-state index is -0.399. The number of carbonyl (C=O) groups excluding carboxylic acids is 1. The van der Waals surface area contributed by atoms with Crippen molar-refractivity contribution >= 4 is 12.1 Å². The number of hydrogen-bond acceptors (Lipinski definition) is 6. The van der Waals surface area contributed by atoms with Crippen LogP contribution in [0.5, 0.6) is 17.2 Å². The van der Waals surface area contributed by atoms with Crippen molar-refractivity contribution in [2.75, 3.05) is 21.3 Å². The first-order valence-electron chi connectivity index (χ1n) is 8.40. The predicted molar refractivity (Wildman–Crippen MR) is 105 cm³/mol. The van der Waals surface area contributed by atoms with Gasteiger partial charge in [0.25, 0.3) is 5.91 Å². The predicted octanol–water partition coefficient (Wildman–Crippen LogP) is 2.87. The average molecular weight is 380 g/mol. The number of aromatic amines is 1. The molecule has 0 aliphatic rings. The number of nitrogens with zero attached hydrogens (tertiary/aromatic N) is 2. The van der Waals surface area contributed by atoms with Crippen molar-refractivity contribution < 1.29 is 19.0 Å². The van der Waals surface area contributed by atoms with Crippen LogP contribution in [-0.2, 0) is 0 Å². The second-order valence-corrected chi connectivity index (χ2v) is 5.71. The molecule has 28 heavy (non-hydrogen) atoms. The summed E-state index contributed by atoms with van der Waals surface area (Å²) in [5.74, 6) is 1.55. The maximum atomic E-state index is 12.2. The summed E-state index contributed by atoms with van der Waals surface area (Å²) in [5.41, 5.74) is 5.03. The molecule has 0 saturated carbocycles. The van der Waals surface area contributed by atoms with Crippen LogP contribution in [-0.4, -0.2) is 43.6 Å². The Morgan fingerprint density at radius 3 is 2.43 bits per heavy atom. The second kappa shape index (κ2) is 8.72. The van der Waals surface area contributed by atoms with E-state index in [1.807, 2.05) is 24.3 Å². The molecule has 0 spiro atoms. The lowest BCUT2D eigenvalue weighted by Crippen LogP contribution is -2.18. The summed E-state index contributed by atoms with van der Waals surface area (Å²) in [6.45, 7) is 0. The van der Waals surface area contributed by atoms with Crippen molar-refractivity contribution in [1.82, 2.24) is 15.6 Å². The summed E-state index contributed by atoms with van der Waals surface area (Å²) >= 11 is 0. The van der Waals surface area contributed by atoms with E-state index in [1.54, 1.807) is 45.6 Å². The van der Waals surface area contributed by atoms with E-state index >= 15 is 0 Å². The lowest BCUT2D eigenvalue weighted by Gasteiger charge is -2.07. The number of rotatable bonds is 7. The van der Waals surface area contributed by atoms with E-state index in [4.69, 9.17) is 14.2 Å². The number of carbonyl (C=O) groups is 1. The third-order valence-electron chi connectivity index (χ3n) is 4.00. The highest BCUT2D eigenvalue weighted by Gasteiger charge is 2.10. The molecular weight excluding hydrogens is 360 g/mol. The molecule has 2 aromatic carbocycles. The Bertz CT molecular complexity index is 980. The van der Waals surface area contributed by atoms with Crippen LogP contribution in [0.2, 0.25) is 0 Å². The van der Waals surface area contributed by atoms with Crippen molar-refractivity contribution in [1.29, 1.82) is 0 Å². The van der Waals surface area contributed by atoms with E-state index in [0.29, 0.717) is 22.9 Å². The van der Waals surface area contributed by atoms with Crippen LogP contribution in [0.25, 0.3) is 11.3 Å². The van der Waals surface area contributed by atoms with Gasteiger partial charge in [0.15, 0.2) is 11.5 Å². The first-order valence-corrected chi connectivity index (χ1v) is 8.40. The maximum absolute atomic E-state index is 12.2. The lowest BCUT2D eigenvalue weighted by atomic mass is 10.1. The van der Waals surface area contributed by atoms with Crippen molar-refractivity contribution in [3.8, 4) is 28.5 Å². The Hall–Kier alpha value is -3.81. The Morgan fingerprint density at radius 1 is 1.00 bits per heavy atom. The Labute approximate surface area is 162 Å². The number of benzene rings is 2. The number of hydrogen-bond donors (Lipinski definition) is 2. The second-order valence-electron chi connectivity index (χ2n) is 5.71. The number of ether oxygens (including phenoxy) is 3. The van der Waals surface area contributed by atoms with Crippen LogP contribution in [0.1, 0.15) is 16.1 Å². The average Bonchev–Trinajstić information content (AvgIpc) is 3.24. The van der Waals surface area contributed by atoms with E-state index in [-0.39, 0.29) is 0 Å². The molecule has 0 aliphatic carbocycles. The molecule has 3 rings (SSSR count). The molecule has 3 aromatic rings. The van der Waals surface area contributed by atoms with Gasteiger partial charge in [-0.25, -0.2) is 5.43 Å². The summed E-state index contributed by atoms with van der Waals surface area (Å²) in [7, 11) is 4.73. The van der Waals surface area contributed by atoms with E-state index in [1.165, 1.54) is 6.21 Å². The lowest BCUT2D eigenvalue weighted by molar-refractivity contribution is 0.0950. The molecule has 8 heteroatoms. The van der Waals surface area contributed by atoms with Gasteiger partial charge in [0.1, 0.15) is 11.4 Å². The molecule has 1 amide bonds. The van der Waals surface area contributed by atoms with Crippen molar-refractivity contribution in [3.63, 3.8) is 0 Å². The zero-order chi connectivity index (χ0) is 19.9. The topological polar surface area (TPSA) is 97.8 Å². The van der Waals surface area contributed by atoms with Crippen LogP contribution in [0.3, 0.4) is 0 Å². The first-order chi connectivity index (χ1) is 13.6. The van der Waals surface area contributed by atoms with Crippen molar-refractivity contribution in [3.05, 3.63) is 59.8 Å². The monoisotopic (exact) mass is 380 g/mol. The third-order valence-corrected chi connectivity index (χ3v) is 4.00. The fourth-order valence-electron chi connectivity index (χ4n) is 2.51. The Balaban J connectivity index is 1.65. The standard InChI is InChI=1S/C20H20N4O4/c1-26-15-7-5-14(6-8-15)16-11-17(23-22-16)20(25)24-21-12-13-4-9-18(27-2)19(10-13)28-3/h4-12H,1-3H3,(H,22,23)(H,24,25)/b21-12+. The molecule has 0 bridgehead atoms. The summed E-state index contributed by atoms with van der Waals surface area (Å²) in [4.78, 5) is 12.2. The third kappa shape index (κ3) is 4.29. The smallest absolute Gasteiger partial charge is 0.289 e. The van der Waals surface area contributed by atoms with Gasteiger partial charge in [0.2, 0.25) is 0 Å². The highest BCUT2D eigenvalue weighted by atomic mass is 16.5. The number of amides is 1. The SMILES string of the molecule is COc1ccc(-c2cc(C(=O)N/N=C/c3ccc(OC)c(OC)c3)[nH]n2)cc1. The summed E-state index contributed by atoms with van der Waals surface area (Å²) in [6, 6.07) is 14.4. The molecule has 0 aliphatic heterocycles. The number of H-pyrrole nitrogens is 1.